The molecule has 2 rings (SSSR count). The maximum absolute atomic E-state index is 5.57. The first-order chi connectivity index (χ1) is 7.40. The van der Waals surface area contributed by atoms with Crippen LogP contribution in [0.2, 0.25) is 0 Å². The summed E-state index contributed by atoms with van der Waals surface area (Å²) in [6.45, 7) is 1.36. The molecule has 0 aliphatic carbocycles. The minimum atomic E-state index is 0.674. The summed E-state index contributed by atoms with van der Waals surface area (Å²) < 4.78 is 5.57. The highest BCUT2D eigenvalue weighted by Crippen LogP contribution is 2.20. The zero-order valence-corrected chi connectivity index (χ0v) is 8.65. The highest BCUT2D eigenvalue weighted by atomic mass is 16.5. The fraction of sp³-hybridized carbons (Fsp3) is 0.231. The molecule has 78 valence electrons. The van der Waals surface area contributed by atoms with Gasteiger partial charge >= 0.3 is 0 Å². The highest BCUT2D eigenvalue weighted by molar-refractivity contribution is 5.83. The largest absolute Gasteiger partial charge is 0.494 e. The van der Waals surface area contributed by atoms with Crippen molar-refractivity contribution in [3.8, 4) is 5.75 Å². The van der Waals surface area contributed by atoms with Crippen molar-refractivity contribution < 1.29 is 4.74 Å². The van der Waals surface area contributed by atoms with Crippen molar-refractivity contribution in [2.24, 2.45) is 5.73 Å². The maximum Gasteiger partial charge on any atom is 0.119 e. The topological polar surface area (TPSA) is 35.2 Å². The van der Waals surface area contributed by atoms with Crippen LogP contribution in [-0.2, 0) is 0 Å². The summed E-state index contributed by atoms with van der Waals surface area (Å²) in [4.78, 5) is 0. The van der Waals surface area contributed by atoms with E-state index in [0.29, 0.717) is 13.2 Å². The van der Waals surface area contributed by atoms with E-state index in [2.05, 4.69) is 24.3 Å². The second-order valence-electron chi connectivity index (χ2n) is 3.50. The molecule has 0 heterocycles. The van der Waals surface area contributed by atoms with Gasteiger partial charge in [0.25, 0.3) is 0 Å². The van der Waals surface area contributed by atoms with Gasteiger partial charge in [-0.3, -0.25) is 0 Å². The van der Waals surface area contributed by atoms with E-state index in [1.54, 1.807) is 0 Å². The number of fused-ring (bicyclic) bond motifs is 1. The van der Waals surface area contributed by atoms with E-state index >= 15 is 0 Å². The van der Waals surface area contributed by atoms with Crippen molar-refractivity contribution in [3.63, 3.8) is 0 Å². The average molecular weight is 201 g/mol. The van der Waals surface area contributed by atoms with Crippen LogP contribution < -0.4 is 10.5 Å². The Bertz CT molecular complexity index is 439. The molecule has 0 unspecified atom stereocenters. The van der Waals surface area contributed by atoms with Crippen LogP contribution in [0.5, 0.6) is 5.75 Å². The van der Waals surface area contributed by atoms with Gasteiger partial charge < -0.3 is 10.5 Å². The predicted molar refractivity (Wildman–Crippen MR) is 63.1 cm³/mol. The first kappa shape index (κ1) is 9.99. The number of hydrogen-bond donors (Lipinski definition) is 1. The van der Waals surface area contributed by atoms with E-state index in [1.165, 1.54) is 10.8 Å². The van der Waals surface area contributed by atoms with Crippen molar-refractivity contribution in [1.29, 1.82) is 0 Å². The number of benzene rings is 2. The van der Waals surface area contributed by atoms with Gasteiger partial charge in [0.2, 0.25) is 0 Å². The van der Waals surface area contributed by atoms with Gasteiger partial charge in [0, 0.05) is 0 Å². The summed E-state index contributed by atoms with van der Waals surface area (Å²) in [6.07, 6.45) is 0.896. The van der Waals surface area contributed by atoms with Crippen LogP contribution in [0.4, 0.5) is 0 Å². The Hall–Kier alpha value is -1.54. The second-order valence-corrected chi connectivity index (χ2v) is 3.50. The van der Waals surface area contributed by atoms with Crippen molar-refractivity contribution >= 4 is 10.8 Å². The van der Waals surface area contributed by atoms with Crippen LogP contribution in [0, 0.1) is 0 Å². The van der Waals surface area contributed by atoms with Gasteiger partial charge in [0.15, 0.2) is 0 Å². The molecule has 15 heavy (non-hydrogen) atoms. The van der Waals surface area contributed by atoms with Gasteiger partial charge in [0.1, 0.15) is 5.75 Å². The number of nitrogens with two attached hydrogens (primary N) is 1. The van der Waals surface area contributed by atoms with Crippen LogP contribution in [0.3, 0.4) is 0 Å². The molecule has 2 nitrogen and oxygen atoms in total. The van der Waals surface area contributed by atoms with Crippen LogP contribution >= 0.6 is 0 Å². The summed E-state index contributed by atoms with van der Waals surface area (Å²) in [5, 5.41) is 2.45. The van der Waals surface area contributed by atoms with Crippen molar-refractivity contribution in [2.75, 3.05) is 13.2 Å². The molecule has 0 fully saturated rings. The molecule has 2 N–H and O–H groups in total. The fourth-order valence-corrected chi connectivity index (χ4v) is 1.53. The molecule has 2 aromatic rings. The van der Waals surface area contributed by atoms with Gasteiger partial charge in [-0.15, -0.1) is 0 Å². The van der Waals surface area contributed by atoms with E-state index < -0.39 is 0 Å². The van der Waals surface area contributed by atoms with Crippen LogP contribution in [0.1, 0.15) is 6.42 Å². The lowest BCUT2D eigenvalue weighted by Gasteiger charge is -2.06. The standard InChI is InChI=1S/C13H15NO/c14-8-3-9-15-13-7-6-11-4-1-2-5-12(11)10-13/h1-2,4-7,10H,3,8-9,14H2. The molecular formula is C13H15NO. The minimum Gasteiger partial charge on any atom is -0.494 e. The molecule has 0 bridgehead atoms. The Balaban J connectivity index is 2.16. The van der Waals surface area contributed by atoms with Crippen LogP contribution in [-0.4, -0.2) is 13.2 Å². The monoisotopic (exact) mass is 201 g/mol. The lowest BCUT2D eigenvalue weighted by atomic mass is 10.1. The van der Waals surface area contributed by atoms with Crippen molar-refractivity contribution in [3.05, 3.63) is 42.5 Å². The molecule has 2 heteroatoms. The predicted octanol–water partition coefficient (Wildman–Crippen LogP) is 2.57. The third kappa shape index (κ3) is 2.48. The number of rotatable bonds is 4. The Morgan fingerprint density at radius 3 is 2.60 bits per heavy atom. The molecule has 0 aliphatic rings. The van der Waals surface area contributed by atoms with E-state index in [1.807, 2.05) is 18.2 Å². The third-order valence-corrected chi connectivity index (χ3v) is 2.34. The van der Waals surface area contributed by atoms with Crippen molar-refractivity contribution in [1.82, 2.24) is 0 Å². The zero-order chi connectivity index (χ0) is 10.5. The SMILES string of the molecule is NCCCOc1ccc2ccccc2c1. The Morgan fingerprint density at radius 1 is 1.00 bits per heavy atom. The quantitative estimate of drug-likeness (QED) is 0.771. The van der Waals surface area contributed by atoms with Gasteiger partial charge in [-0.05, 0) is 35.9 Å². The van der Waals surface area contributed by atoms with E-state index in [-0.39, 0.29) is 0 Å². The summed E-state index contributed by atoms with van der Waals surface area (Å²) in [5.74, 6) is 0.919. The number of ether oxygens (including phenoxy) is 1. The van der Waals surface area contributed by atoms with Gasteiger partial charge in [0.05, 0.1) is 6.61 Å². The molecule has 0 aliphatic heterocycles. The first-order valence-corrected chi connectivity index (χ1v) is 5.22. The summed E-state index contributed by atoms with van der Waals surface area (Å²) >= 11 is 0. The highest BCUT2D eigenvalue weighted by Gasteiger charge is 1.96. The Kier molecular flexibility index (Phi) is 3.20. The lowest BCUT2D eigenvalue weighted by molar-refractivity contribution is 0.314. The molecule has 2 aromatic carbocycles. The van der Waals surface area contributed by atoms with E-state index in [0.717, 1.165) is 12.2 Å². The molecule has 0 atom stereocenters. The zero-order valence-electron chi connectivity index (χ0n) is 8.65. The van der Waals surface area contributed by atoms with Crippen molar-refractivity contribution in [2.45, 2.75) is 6.42 Å². The minimum absolute atomic E-state index is 0.674. The normalized spacial score (nSPS) is 10.5. The molecule has 0 radical (unpaired) electrons. The fourth-order valence-electron chi connectivity index (χ4n) is 1.53. The second kappa shape index (κ2) is 4.80. The number of hydrogen-bond acceptors (Lipinski definition) is 2. The van der Waals surface area contributed by atoms with E-state index in [9.17, 15) is 0 Å². The Morgan fingerprint density at radius 2 is 1.80 bits per heavy atom. The van der Waals surface area contributed by atoms with Crippen LogP contribution in [0.25, 0.3) is 10.8 Å². The molecule has 0 spiro atoms. The van der Waals surface area contributed by atoms with Gasteiger partial charge in [-0.25, -0.2) is 0 Å². The molecule has 0 saturated heterocycles. The summed E-state index contributed by atoms with van der Waals surface area (Å²) in [6, 6.07) is 14.4. The van der Waals surface area contributed by atoms with Gasteiger partial charge in [-0.2, -0.15) is 0 Å². The maximum atomic E-state index is 5.57. The molecule has 0 aromatic heterocycles. The Labute approximate surface area is 89.7 Å². The van der Waals surface area contributed by atoms with Gasteiger partial charge in [-0.1, -0.05) is 30.3 Å². The smallest absolute Gasteiger partial charge is 0.119 e. The molecule has 0 saturated carbocycles. The molecule has 0 amide bonds. The van der Waals surface area contributed by atoms with Crippen LogP contribution in [0.15, 0.2) is 42.5 Å². The molecular weight excluding hydrogens is 186 g/mol. The lowest BCUT2D eigenvalue weighted by Crippen LogP contribution is -2.05. The average Bonchev–Trinajstić information content (AvgIpc) is 2.29. The summed E-state index contributed by atoms with van der Waals surface area (Å²) in [7, 11) is 0. The third-order valence-electron chi connectivity index (χ3n) is 2.34. The summed E-state index contributed by atoms with van der Waals surface area (Å²) in [5.41, 5.74) is 5.40. The first-order valence-electron chi connectivity index (χ1n) is 5.22. The van der Waals surface area contributed by atoms with E-state index in [4.69, 9.17) is 10.5 Å².